The molecule has 0 aromatic carbocycles. The Hall–Kier alpha value is -1.63. The van der Waals surface area contributed by atoms with Gasteiger partial charge in [0, 0.05) is 14.1 Å². The minimum atomic E-state index is -0.532. The van der Waals surface area contributed by atoms with Crippen LogP contribution in [-0.4, -0.2) is 27.5 Å². The normalized spacial score (nSPS) is 10.3. The molecule has 0 fully saturated rings. The molecule has 0 saturated heterocycles. The summed E-state index contributed by atoms with van der Waals surface area (Å²) in [5.74, 6) is -0.0759. The van der Waals surface area contributed by atoms with Crippen LogP contribution in [0.4, 0.5) is 0 Å². The fourth-order valence-electron chi connectivity index (χ4n) is 1.01. The van der Waals surface area contributed by atoms with Crippen LogP contribution in [0.2, 0.25) is 0 Å². The molecule has 0 spiro atoms. The standard InChI is InChI=1S/C8H14N4O3/c1-11-7(13)6(15-5-3-4-9)10-12(2)8(11)14/h3-5,9H2,1-2H3. The van der Waals surface area contributed by atoms with Crippen molar-refractivity contribution in [3.8, 4) is 5.88 Å². The van der Waals surface area contributed by atoms with Crippen LogP contribution in [0.25, 0.3) is 0 Å². The van der Waals surface area contributed by atoms with Gasteiger partial charge in [-0.15, -0.1) is 5.10 Å². The number of aryl methyl sites for hydroxylation is 1. The van der Waals surface area contributed by atoms with Crippen molar-refractivity contribution in [3.05, 3.63) is 20.8 Å². The van der Waals surface area contributed by atoms with E-state index in [1.807, 2.05) is 0 Å². The Morgan fingerprint density at radius 1 is 1.40 bits per heavy atom. The first kappa shape index (κ1) is 11.4. The van der Waals surface area contributed by atoms with Crippen molar-refractivity contribution in [1.82, 2.24) is 14.3 Å². The number of hydrogen-bond donors (Lipinski definition) is 1. The molecule has 1 rings (SSSR count). The monoisotopic (exact) mass is 214 g/mol. The Labute approximate surface area is 86.1 Å². The highest BCUT2D eigenvalue weighted by Crippen LogP contribution is 1.93. The molecule has 0 saturated carbocycles. The predicted octanol–water partition coefficient (Wildman–Crippen LogP) is -1.79. The summed E-state index contributed by atoms with van der Waals surface area (Å²) in [6.07, 6.45) is 0.633. The van der Waals surface area contributed by atoms with Crippen molar-refractivity contribution in [2.24, 2.45) is 19.8 Å². The lowest BCUT2D eigenvalue weighted by Gasteiger charge is -2.06. The van der Waals surface area contributed by atoms with Gasteiger partial charge in [-0.25, -0.2) is 9.48 Å². The van der Waals surface area contributed by atoms with E-state index in [0.29, 0.717) is 19.6 Å². The van der Waals surface area contributed by atoms with Gasteiger partial charge in [0.2, 0.25) is 0 Å². The predicted molar refractivity (Wildman–Crippen MR) is 53.9 cm³/mol. The summed E-state index contributed by atoms with van der Waals surface area (Å²) < 4.78 is 7.11. The van der Waals surface area contributed by atoms with Gasteiger partial charge in [-0.3, -0.25) is 9.36 Å². The highest BCUT2D eigenvalue weighted by Gasteiger charge is 2.08. The van der Waals surface area contributed by atoms with Crippen molar-refractivity contribution in [2.45, 2.75) is 6.42 Å². The maximum Gasteiger partial charge on any atom is 0.347 e. The van der Waals surface area contributed by atoms with E-state index in [4.69, 9.17) is 10.5 Å². The highest BCUT2D eigenvalue weighted by molar-refractivity contribution is 5.01. The molecule has 7 nitrogen and oxygen atoms in total. The Bertz CT molecular complexity index is 448. The summed E-state index contributed by atoms with van der Waals surface area (Å²) >= 11 is 0. The van der Waals surface area contributed by atoms with Crippen LogP contribution in [0, 0.1) is 0 Å². The first-order valence-corrected chi connectivity index (χ1v) is 4.55. The number of hydrogen-bond acceptors (Lipinski definition) is 5. The zero-order valence-electron chi connectivity index (χ0n) is 8.77. The molecule has 0 radical (unpaired) electrons. The summed E-state index contributed by atoms with van der Waals surface area (Å²) in [5, 5.41) is 3.71. The minimum Gasteiger partial charge on any atom is -0.473 e. The highest BCUT2D eigenvalue weighted by atomic mass is 16.5. The van der Waals surface area contributed by atoms with E-state index >= 15 is 0 Å². The molecular weight excluding hydrogens is 200 g/mol. The summed E-state index contributed by atoms with van der Waals surface area (Å²) in [4.78, 5) is 22.7. The van der Waals surface area contributed by atoms with Gasteiger partial charge in [0.1, 0.15) is 0 Å². The van der Waals surface area contributed by atoms with Crippen molar-refractivity contribution in [1.29, 1.82) is 0 Å². The van der Waals surface area contributed by atoms with Crippen molar-refractivity contribution < 1.29 is 4.74 Å². The van der Waals surface area contributed by atoms with Crippen molar-refractivity contribution in [2.75, 3.05) is 13.2 Å². The maximum absolute atomic E-state index is 11.5. The Morgan fingerprint density at radius 3 is 2.67 bits per heavy atom. The van der Waals surface area contributed by atoms with Gasteiger partial charge in [0.25, 0.3) is 5.88 Å². The molecule has 2 N–H and O–H groups in total. The van der Waals surface area contributed by atoms with E-state index in [1.54, 1.807) is 0 Å². The number of aromatic nitrogens is 3. The minimum absolute atomic E-state index is 0.0759. The third-order valence-corrected chi connectivity index (χ3v) is 1.88. The molecule has 0 aliphatic carbocycles. The van der Waals surface area contributed by atoms with Gasteiger partial charge in [-0.05, 0) is 13.0 Å². The zero-order valence-corrected chi connectivity index (χ0v) is 8.77. The number of nitrogens with zero attached hydrogens (tertiary/aromatic N) is 3. The summed E-state index contributed by atoms with van der Waals surface area (Å²) in [6.45, 7) is 0.795. The third-order valence-electron chi connectivity index (χ3n) is 1.88. The van der Waals surface area contributed by atoms with Gasteiger partial charge < -0.3 is 10.5 Å². The molecule has 1 aromatic heterocycles. The lowest BCUT2D eigenvalue weighted by Crippen LogP contribution is -2.39. The van der Waals surface area contributed by atoms with E-state index < -0.39 is 11.2 Å². The van der Waals surface area contributed by atoms with E-state index in [1.165, 1.54) is 14.1 Å². The Balaban J connectivity index is 3.00. The van der Waals surface area contributed by atoms with Crippen LogP contribution >= 0.6 is 0 Å². The topological polar surface area (TPSA) is 92.1 Å². The van der Waals surface area contributed by atoms with Gasteiger partial charge >= 0.3 is 11.2 Å². The zero-order chi connectivity index (χ0) is 11.4. The molecule has 7 heteroatoms. The second kappa shape index (κ2) is 4.74. The van der Waals surface area contributed by atoms with E-state index in [-0.39, 0.29) is 5.88 Å². The molecular formula is C8H14N4O3. The molecule has 84 valence electrons. The molecule has 15 heavy (non-hydrogen) atoms. The third kappa shape index (κ3) is 2.44. The fraction of sp³-hybridized carbons (Fsp3) is 0.625. The summed E-state index contributed by atoms with van der Waals surface area (Å²) in [5.41, 5.74) is 4.26. The molecule has 0 aliphatic heterocycles. The molecule has 1 heterocycles. The second-order valence-corrected chi connectivity index (χ2v) is 3.07. The molecule has 0 amide bonds. The summed E-state index contributed by atoms with van der Waals surface area (Å²) in [7, 11) is 2.83. The lowest BCUT2D eigenvalue weighted by molar-refractivity contribution is 0.282. The van der Waals surface area contributed by atoms with Crippen LogP contribution in [0.15, 0.2) is 9.59 Å². The van der Waals surface area contributed by atoms with E-state index in [9.17, 15) is 9.59 Å². The van der Waals surface area contributed by atoms with Crippen LogP contribution < -0.4 is 21.7 Å². The fourth-order valence-corrected chi connectivity index (χ4v) is 1.01. The Kier molecular flexibility index (Phi) is 3.62. The number of ether oxygens (including phenoxy) is 1. The largest absolute Gasteiger partial charge is 0.473 e. The SMILES string of the molecule is Cn1nc(OCCCN)c(=O)n(C)c1=O. The Morgan fingerprint density at radius 2 is 2.07 bits per heavy atom. The second-order valence-electron chi connectivity index (χ2n) is 3.07. The van der Waals surface area contributed by atoms with Crippen LogP contribution in [-0.2, 0) is 14.1 Å². The first-order valence-electron chi connectivity index (χ1n) is 4.55. The first-order chi connectivity index (χ1) is 7.07. The van der Waals surface area contributed by atoms with Gasteiger partial charge in [0.05, 0.1) is 6.61 Å². The number of rotatable bonds is 4. The van der Waals surface area contributed by atoms with E-state index in [0.717, 1.165) is 9.25 Å². The molecule has 1 aromatic rings. The molecule has 0 bridgehead atoms. The van der Waals surface area contributed by atoms with Gasteiger partial charge in [-0.2, -0.15) is 0 Å². The van der Waals surface area contributed by atoms with Crippen LogP contribution in [0.1, 0.15) is 6.42 Å². The molecule has 0 atom stereocenters. The van der Waals surface area contributed by atoms with E-state index in [2.05, 4.69) is 5.10 Å². The number of nitrogens with two attached hydrogens (primary N) is 1. The lowest BCUT2D eigenvalue weighted by atomic mass is 10.5. The van der Waals surface area contributed by atoms with Crippen molar-refractivity contribution in [3.63, 3.8) is 0 Å². The molecule has 0 aliphatic rings. The quantitative estimate of drug-likeness (QED) is 0.597. The average molecular weight is 214 g/mol. The van der Waals surface area contributed by atoms with Crippen LogP contribution in [0.5, 0.6) is 5.88 Å². The van der Waals surface area contributed by atoms with Crippen molar-refractivity contribution >= 4 is 0 Å². The van der Waals surface area contributed by atoms with Gasteiger partial charge in [0.15, 0.2) is 0 Å². The smallest absolute Gasteiger partial charge is 0.347 e. The van der Waals surface area contributed by atoms with Gasteiger partial charge in [-0.1, -0.05) is 0 Å². The average Bonchev–Trinajstić information content (AvgIpc) is 2.23. The van der Waals surface area contributed by atoms with Crippen LogP contribution in [0.3, 0.4) is 0 Å². The summed E-state index contributed by atoms with van der Waals surface area (Å²) in [6, 6.07) is 0. The maximum atomic E-state index is 11.5. The molecule has 0 unspecified atom stereocenters.